The maximum atomic E-state index is 10.7. The van der Waals surface area contributed by atoms with Gasteiger partial charge in [-0.25, -0.2) is 8.42 Å². The first-order valence-electron chi connectivity index (χ1n) is 3.54. The number of anilines is 1. The van der Waals surface area contributed by atoms with Crippen LogP contribution in [0.1, 0.15) is 0 Å². The Bertz CT molecular complexity index is 331. The Morgan fingerprint density at radius 3 is 2.33 bits per heavy atom. The van der Waals surface area contributed by atoms with Crippen molar-refractivity contribution in [1.82, 2.24) is 0 Å². The van der Waals surface area contributed by atoms with Crippen molar-refractivity contribution < 1.29 is 8.42 Å². The van der Waals surface area contributed by atoms with Crippen LogP contribution >= 0.6 is 0 Å². The maximum absolute atomic E-state index is 10.7. The first-order valence-corrected chi connectivity index (χ1v) is 5.61. The molecule has 12 heavy (non-hydrogen) atoms. The van der Waals surface area contributed by atoms with E-state index in [0.29, 0.717) is 0 Å². The monoisotopic (exact) mass is 185 g/mol. The summed E-state index contributed by atoms with van der Waals surface area (Å²) in [4.78, 5) is 0. The Labute approximate surface area is 72.3 Å². The van der Waals surface area contributed by atoms with Crippen molar-refractivity contribution in [3.05, 3.63) is 30.3 Å². The van der Waals surface area contributed by atoms with Gasteiger partial charge in [0, 0.05) is 11.9 Å². The highest BCUT2D eigenvalue weighted by molar-refractivity contribution is 7.90. The lowest BCUT2D eigenvalue weighted by Crippen LogP contribution is -2.11. The number of hydrogen-bond acceptors (Lipinski definition) is 3. The predicted octanol–water partition coefficient (Wildman–Crippen LogP) is 1.10. The first kappa shape index (κ1) is 9.06. The fourth-order valence-electron chi connectivity index (χ4n) is 0.770. The summed E-state index contributed by atoms with van der Waals surface area (Å²) in [5, 5.41) is 2.80. The van der Waals surface area contributed by atoms with Gasteiger partial charge in [-0.3, -0.25) is 0 Å². The molecule has 3 nitrogen and oxygen atoms in total. The minimum atomic E-state index is -2.93. The molecule has 1 aromatic carbocycles. The van der Waals surface area contributed by atoms with E-state index < -0.39 is 9.84 Å². The van der Waals surface area contributed by atoms with Crippen LogP contribution in [0.2, 0.25) is 0 Å². The van der Waals surface area contributed by atoms with Gasteiger partial charge in [0.05, 0.1) is 0 Å². The zero-order chi connectivity index (χ0) is 9.03. The predicted molar refractivity (Wildman–Crippen MR) is 49.8 cm³/mol. The van der Waals surface area contributed by atoms with E-state index in [9.17, 15) is 8.42 Å². The summed E-state index contributed by atoms with van der Waals surface area (Å²) in [7, 11) is -2.93. The molecule has 0 aromatic heterocycles. The van der Waals surface area contributed by atoms with Crippen LogP contribution in [-0.2, 0) is 9.84 Å². The second kappa shape index (κ2) is 3.58. The zero-order valence-electron chi connectivity index (χ0n) is 6.82. The summed E-state index contributed by atoms with van der Waals surface area (Å²) in [5.74, 6) is -0.0169. The summed E-state index contributed by atoms with van der Waals surface area (Å²) in [6.07, 6.45) is 1.20. The van der Waals surface area contributed by atoms with Crippen LogP contribution in [0.15, 0.2) is 30.3 Å². The third-order valence-electron chi connectivity index (χ3n) is 1.31. The van der Waals surface area contributed by atoms with E-state index in [0.717, 1.165) is 5.69 Å². The van der Waals surface area contributed by atoms with Gasteiger partial charge >= 0.3 is 0 Å². The van der Waals surface area contributed by atoms with E-state index in [1.54, 1.807) is 0 Å². The van der Waals surface area contributed by atoms with Gasteiger partial charge in [0.1, 0.15) is 5.88 Å². The standard InChI is InChI=1S/C8H11NO2S/c1-12(10,11)7-9-8-5-3-2-4-6-8/h2-6,9H,7H2,1H3. The third kappa shape index (κ3) is 3.39. The number of benzene rings is 1. The van der Waals surface area contributed by atoms with Crippen molar-refractivity contribution in [1.29, 1.82) is 0 Å². The number of nitrogens with one attached hydrogen (secondary N) is 1. The number of rotatable bonds is 3. The molecule has 0 aliphatic carbocycles. The van der Waals surface area contributed by atoms with E-state index in [2.05, 4.69) is 5.32 Å². The molecule has 66 valence electrons. The quantitative estimate of drug-likeness (QED) is 0.767. The molecule has 0 heterocycles. The SMILES string of the molecule is CS(=O)(=O)CNc1ccccc1. The summed E-state index contributed by atoms with van der Waals surface area (Å²) < 4.78 is 21.5. The second-order valence-corrected chi connectivity index (χ2v) is 4.75. The molecule has 0 amide bonds. The van der Waals surface area contributed by atoms with Gasteiger partial charge in [0.2, 0.25) is 0 Å². The molecule has 0 unspecified atom stereocenters. The lowest BCUT2D eigenvalue weighted by Gasteiger charge is -2.02. The van der Waals surface area contributed by atoms with Crippen LogP contribution in [0, 0.1) is 0 Å². The average Bonchev–Trinajstić information content (AvgIpc) is 2.02. The highest BCUT2D eigenvalue weighted by Crippen LogP contribution is 2.04. The van der Waals surface area contributed by atoms with Crippen molar-refractivity contribution in [3.63, 3.8) is 0 Å². The summed E-state index contributed by atoms with van der Waals surface area (Å²) >= 11 is 0. The molecule has 0 saturated carbocycles. The van der Waals surface area contributed by atoms with E-state index in [4.69, 9.17) is 0 Å². The van der Waals surface area contributed by atoms with E-state index in [1.165, 1.54) is 6.26 Å². The van der Waals surface area contributed by atoms with E-state index >= 15 is 0 Å². The Morgan fingerprint density at radius 2 is 1.83 bits per heavy atom. The Kier molecular flexibility index (Phi) is 2.70. The fraction of sp³-hybridized carbons (Fsp3) is 0.250. The van der Waals surface area contributed by atoms with Gasteiger partial charge in [0.15, 0.2) is 9.84 Å². The zero-order valence-corrected chi connectivity index (χ0v) is 7.64. The van der Waals surface area contributed by atoms with Crippen molar-refractivity contribution in [2.24, 2.45) is 0 Å². The van der Waals surface area contributed by atoms with Crippen molar-refractivity contribution >= 4 is 15.5 Å². The molecule has 1 rings (SSSR count). The Balaban J connectivity index is 2.56. The van der Waals surface area contributed by atoms with Gasteiger partial charge in [-0.2, -0.15) is 0 Å². The smallest absolute Gasteiger partial charge is 0.165 e. The van der Waals surface area contributed by atoms with Crippen molar-refractivity contribution in [2.75, 3.05) is 17.4 Å². The summed E-state index contributed by atoms with van der Waals surface area (Å²) in [6.45, 7) is 0. The molecular formula is C8H11NO2S. The van der Waals surface area contributed by atoms with Gasteiger partial charge in [-0.05, 0) is 12.1 Å². The molecule has 4 heteroatoms. The molecule has 0 fully saturated rings. The van der Waals surface area contributed by atoms with E-state index in [-0.39, 0.29) is 5.88 Å². The van der Waals surface area contributed by atoms with Crippen LogP contribution in [0.5, 0.6) is 0 Å². The third-order valence-corrected chi connectivity index (χ3v) is 1.98. The fourth-order valence-corrected chi connectivity index (χ4v) is 1.20. The lowest BCUT2D eigenvalue weighted by atomic mass is 10.3. The van der Waals surface area contributed by atoms with Gasteiger partial charge in [-0.1, -0.05) is 18.2 Å². The van der Waals surface area contributed by atoms with Gasteiger partial charge < -0.3 is 5.32 Å². The molecule has 0 saturated heterocycles. The van der Waals surface area contributed by atoms with Crippen LogP contribution < -0.4 is 5.32 Å². The minimum absolute atomic E-state index is 0.0169. The molecule has 0 bridgehead atoms. The molecular weight excluding hydrogens is 174 g/mol. The van der Waals surface area contributed by atoms with Crippen molar-refractivity contribution in [2.45, 2.75) is 0 Å². The van der Waals surface area contributed by atoms with Crippen molar-refractivity contribution in [3.8, 4) is 0 Å². The largest absolute Gasteiger partial charge is 0.372 e. The summed E-state index contributed by atoms with van der Waals surface area (Å²) in [6, 6.07) is 9.23. The minimum Gasteiger partial charge on any atom is -0.372 e. The molecule has 0 spiro atoms. The van der Waals surface area contributed by atoms with E-state index in [1.807, 2.05) is 30.3 Å². The first-order chi connectivity index (χ1) is 5.58. The molecule has 1 aromatic rings. The van der Waals surface area contributed by atoms with Gasteiger partial charge in [0.25, 0.3) is 0 Å². The topological polar surface area (TPSA) is 46.2 Å². The highest BCUT2D eigenvalue weighted by atomic mass is 32.2. The summed E-state index contributed by atoms with van der Waals surface area (Å²) in [5.41, 5.74) is 0.822. The van der Waals surface area contributed by atoms with Crippen LogP contribution in [0.4, 0.5) is 5.69 Å². The molecule has 0 radical (unpaired) electrons. The second-order valence-electron chi connectivity index (χ2n) is 2.61. The number of hydrogen-bond donors (Lipinski definition) is 1. The van der Waals surface area contributed by atoms with Crippen LogP contribution in [0.3, 0.4) is 0 Å². The molecule has 0 aliphatic rings. The average molecular weight is 185 g/mol. The normalized spacial score (nSPS) is 11.1. The van der Waals surface area contributed by atoms with Gasteiger partial charge in [-0.15, -0.1) is 0 Å². The Morgan fingerprint density at radius 1 is 1.25 bits per heavy atom. The molecule has 0 aliphatic heterocycles. The van der Waals surface area contributed by atoms with Crippen LogP contribution in [-0.4, -0.2) is 20.6 Å². The van der Waals surface area contributed by atoms with Crippen LogP contribution in [0.25, 0.3) is 0 Å². The highest BCUT2D eigenvalue weighted by Gasteiger charge is 1.99. The maximum Gasteiger partial charge on any atom is 0.165 e. The Hall–Kier alpha value is -1.03. The lowest BCUT2D eigenvalue weighted by molar-refractivity contribution is 0.603. The number of para-hydroxylation sites is 1. The molecule has 0 atom stereocenters. The molecule has 1 N–H and O–H groups in total. The number of sulfone groups is 1.